The minimum absolute atomic E-state index is 0.00984. The van der Waals surface area contributed by atoms with Crippen LogP contribution in [0.4, 0.5) is 10.1 Å². The maximum atomic E-state index is 15.4. The Labute approximate surface area is 258 Å². The van der Waals surface area contributed by atoms with E-state index in [4.69, 9.17) is 0 Å². The van der Waals surface area contributed by atoms with Gasteiger partial charge in [-0.2, -0.15) is 5.10 Å². The van der Waals surface area contributed by atoms with Gasteiger partial charge in [0, 0.05) is 51.8 Å². The molecule has 0 spiro atoms. The molecule has 4 amide bonds. The topological polar surface area (TPSA) is 129 Å². The molecule has 240 valence electrons. The van der Waals surface area contributed by atoms with Gasteiger partial charge in [0.15, 0.2) is 0 Å². The average Bonchev–Trinajstić information content (AvgIpc) is 3.49. The van der Waals surface area contributed by atoms with E-state index < -0.39 is 23.8 Å². The van der Waals surface area contributed by atoms with Crippen LogP contribution in [0.5, 0.6) is 0 Å². The zero-order chi connectivity index (χ0) is 31.6. The molecule has 12 heteroatoms. The summed E-state index contributed by atoms with van der Waals surface area (Å²) in [5, 5.41) is 12.6. The van der Waals surface area contributed by atoms with Gasteiger partial charge in [-0.3, -0.25) is 23.9 Å². The van der Waals surface area contributed by atoms with Crippen LogP contribution < -0.4 is 16.0 Å². The number of aromatic nitrogens is 2. The highest BCUT2D eigenvalue weighted by molar-refractivity contribution is 6.00. The molecule has 3 N–H and O–H groups in total. The third kappa shape index (κ3) is 8.64. The van der Waals surface area contributed by atoms with Crippen LogP contribution in [0.15, 0.2) is 30.5 Å². The summed E-state index contributed by atoms with van der Waals surface area (Å²) in [6.07, 6.45) is 7.30. The molecule has 1 aliphatic carbocycles. The Bertz CT molecular complexity index is 1300. The summed E-state index contributed by atoms with van der Waals surface area (Å²) < 4.78 is 17.0. The monoisotopic (exact) mass is 611 g/mol. The Morgan fingerprint density at radius 3 is 2.39 bits per heavy atom. The molecule has 2 heterocycles. The zero-order valence-corrected chi connectivity index (χ0v) is 26.1. The summed E-state index contributed by atoms with van der Waals surface area (Å²) in [5.41, 5.74) is 0.891. The van der Waals surface area contributed by atoms with E-state index >= 15 is 4.39 Å². The SMILES string of the molecule is CCCn1nccc1C(=O)N[C@H](C(=O)Nc1ccc(C[C@@H](NC(=O)CC)C(=O)N2CCN(C)CC2)cc1F)C1CCCCC1. The van der Waals surface area contributed by atoms with Crippen molar-refractivity contribution in [1.29, 1.82) is 0 Å². The number of rotatable bonds is 12. The predicted octanol–water partition coefficient (Wildman–Crippen LogP) is 2.96. The Morgan fingerprint density at radius 2 is 1.73 bits per heavy atom. The van der Waals surface area contributed by atoms with E-state index in [2.05, 4.69) is 25.9 Å². The fourth-order valence-electron chi connectivity index (χ4n) is 5.97. The van der Waals surface area contributed by atoms with Gasteiger partial charge in [0.05, 0.1) is 5.69 Å². The summed E-state index contributed by atoms with van der Waals surface area (Å²) in [4.78, 5) is 56.2. The summed E-state index contributed by atoms with van der Waals surface area (Å²) >= 11 is 0. The smallest absolute Gasteiger partial charge is 0.270 e. The fourth-order valence-corrected chi connectivity index (χ4v) is 5.97. The molecule has 1 aromatic carbocycles. The van der Waals surface area contributed by atoms with E-state index in [0.29, 0.717) is 30.9 Å². The lowest BCUT2D eigenvalue weighted by Crippen LogP contribution is -2.54. The van der Waals surface area contributed by atoms with Crippen LogP contribution >= 0.6 is 0 Å². The molecule has 0 unspecified atom stereocenters. The van der Waals surface area contributed by atoms with Crippen molar-refractivity contribution < 1.29 is 23.6 Å². The first-order chi connectivity index (χ1) is 21.2. The van der Waals surface area contributed by atoms with Crippen molar-refractivity contribution in [2.45, 2.75) is 83.8 Å². The number of halogens is 1. The van der Waals surface area contributed by atoms with E-state index in [1.165, 1.54) is 12.1 Å². The van der Waals surface area contributed by atoms with Crippen LogP contribution in [0.1, 0.15) is 74.8 Å². The maximum Gasteiger partial charge on any atom is 0.270 e. The van der Waals surface area contributed by atoms with Crippen LogP contribution in [0.2, 0.25) is 0 Å². The number of likely N-dealkylation sites (N-methyl/N-ethyl adjacent to an activating group) is 1. The molecule has 2 aromatic rings. The summed E-state index contributed by atoms with van der Waals surface area (Å²) in [5.74, 6) is -2.03. The Balaban J connectivity index is 1.47. The summed E-state index contributed by atoms with van der Waals surface area (Å²) in [6.45, 7) is 6.90. The number of aryl methyl sites for hydroxylation is 1. The van der Waals surface area contributed by atoms with Crippen molar-refractivity contribution in [3.8, 4) is 0 Å². The van der Waals surface area contributed by atoms with Gasteiger partial charge in [0.25, 0.3) is 5.91 Å². The first-order valence-electron chi connectivity index (χ1n) is 15.9. The van der Waals surface area contributed by atoms with Gasteiger partial charge in [0.1, 0.15) is 23.6 Å². The van der Waals surface area contributed by atoms with Gasteiger partial charge in [-0.1, -0.05) is 39.2 Å². The molecule has 1 saturated heterocycles. The normalized spacial score (nSPS) is 17.5. The summed E-state index contributed by atoms with van der Waals surface area (Å²) in [7, 11) is 2.00. The van der Waals surface area contributed by atoms with Crippen molar-refractivity contribution in [2.24, 2.45) is 5.92 Å². The molecule has 11 nitrogen and oxygen atoms in total. The third-order valence-corrected chi connectivity index (χ3v) is 8.58. The van der Waals surface area contributed by atoms with Crippen LogP contribution in [-0.4, -0.2) is 88.5 Å². The van der Waals surface area contributed by atoms with E-state index in [1.807, 2.05) is 14.0 Å². The minimum Gasteiger partial charge on any atom is -0.344 e. The van der Waals surface area contributed by atoms with Crippen molar-refractivity contribution in [3.63, 3.8) is 0 Å². The molecule has 2 fully saturated rings. The standard InChI is InChI=1S/C32H46FN7O4/c1-4-15-40-27(13-14-34-40)30(42)37-29(23-9-7-6-8-10-23)31(43)36-25-12-11-22(20-24(25)33)21-26(35-28(41)5-2)32(44)39-18-16-38(3)17-19-39/h11-14,20,23,26,29H,4-10,15-19,21H2,1-3H3,(H,35,41)(H,36,43)(H,37,42)/t26-,29+/m1/s1. The van der Waals surface area contributed by atoms with Crippen LogP contribution in [-0.2, 0) is 27.3 Å². The number of nitrogens with one attached hydrogen (secondary N) is 3. The zero-order valence-electron chi connectivity index (χ0n) is 26.1. The molecule has 2 atom stereocenters. The number of hydrogen-bond acceptors (Lipinski definition) is 6. The van der Waals surface area contributed by atoms with E-state index in [9.17, 15) is 19.2 Å². The molecule has 1 saturated carbocycles. The molecule has 0 radical (unpaired) electrons. The molecular weight excluding hydrogens is 565 g/mol. The van der Waals surface area contributed by atoms with Gasteiger partial charge < -0.3 is 25.8 Å². The third-order valence-electron chi connectivity index (χ3n) is 8.58. The largest absolute Gasteiger partial charge is 0.344 e. The number of nitrogens with zero attached hydrogens (tertiary/aromatic N) is 4. The van der Waals surface area contributed by atoms with Crippen LogP contribution in [0, 0.1) is 11.7 Å². The quantitative estimate of drug-likeness (QED) is 0.339. The molecule has 1 aliphatic heterocycles. The Kier molecular flexibility index (Phi) is 11.9. The highest BCUT2D eigenvalue weighted by Gasteiger charge is 2.33. The molecule has 4 rings (SSSR count). The lowest BCUT2D eigenvalue weighted by atomic mass is 9.83. The van der Waals surface area contributed by atoms with Crippen molar-refractivity contribution in [3.05, 3.63) is 47.5 Å². The molecule has 0 bridgehead atoms. The second-order valence-electron chi connectivity index (χ2n) is 11.9. The number of amides is 4. The number of carbonyl (C=O) groups is 4. The Hall–Kier alpha value is -3.80. The number of piperazine rings is 1. The molecule has 1 aromatic heterocycles. The second-order valence-corrected chi connectivity index (χ2v) is 11.9. The van der Waals surface area contributed by atoms with Crippen LogP contribution in [0.3, 0.4) is 0 Å². The lowest BCUT2D eigenvalue weighted by Gasteiger charge is -2.34. The number of hydrogen-bond donors (Lipinski definition) is 3. The van der Waals surface area contributed by atoms with Crippen molar-refractivity contribution in [1.82, 2.24) is 30.2 Å². The van der Waals surface area contributed by atoms with Gasteiger partial charge >= 0.3 is 0 Å². The Morgan fingerprint density at radius 1 is 1.00 bits per heavy atom. The average molecular weight is 612 g/mol. The first kappa shape index (κ1) is 33.1. The van der Waals surface area contributed by atoms with E-state index in [-0.39, 0.29) is 42.2 Å². The van der Waals surface area contributed by atoms with Crippen LogP contribution in [0.25, 0.3) is 0 Å². The molecule has 44 heavy (non-hydrogen) atoms. The highest BCUT2D eigenvalue weighted by Crippen LogP contribution is 2.28. The molecule has 2 aliphatic rings. The minimum atomic E-state index is -0.832. The van der Waals surface area contributed by atoms with Gasteiger partial charge in [-0.05, 0) is 56.0 Å². The molecular formula is C32H46FN7O4. The maximum absolute atomic E-state index is 15.4. The second kappa shape index (κ2) is 15.8. The van der Waals surface area contributed by atoms with Crippen molar-refractivity contribution in [2.75, 3.05) is 38.5 Å². The lowest BCUT2D eigenvalue weighted by molar-refractivity contribution is -0.137. The van der Waals surface area contributed by atoms with Crippen molar-refractivity contribution >= 4 is 29.3 Å². The number of carbonyl (C=O) groups excluding carboxylic acids is 4. The highest BCUT2D eigenvalue weighted by atomic mass is 19.1. The van der Waals surface area contributed by atoms with Gasteiger partial charge in [-0.15, -0.1) is 0 Å². The van der Waals surface area contributed by atoms with Gasteiger partial charge in [0.2, 0.25) is 17.7 Å². The number of benzene rings is 1. The number of anilines is 1. The predicted molar refractivity (Wildman–Crippen MR) is 165 cm³/mol. The van der Waals surface area contributed by atoms with Gasteiger partial charge in [-0.25, -0.2) is 4.39 Å². The summed E-state index contributed by atoms with van der Waals surface area (Å²) in [6, 6.07) is 4.38. The fraction of sp³-hybridized carbons (Fsp3) is 0.594. The van der Waals surface area contributed by atoms with E-state index in [1.54, 1.807) is 34.8 Å². The first-order valence-corrected chi connectivity index (χ1v) is 15.9. The van der Waals surface area contributed by atoms with E-state index in [0.717, 1.165) is 51.6 Å².